The SMILES string of the molecule is Cc1cc(-c2cc3c(cc2C)-c2cccnc2C3(C)C)[n+](C)cc1-c1ccc(F)cc1.Cc1cc2c(cc1-c1cc(-c3ccc(F)cc3)cc[n+]1C)C1(CCCC1)c1ncccc1-2.Cc1cc2c(cc1-c1cc(-c3ccccc3)cc[n+]1C)C1(CCCC1)c1ncccc1-2.Cc1ccc(-c2cc[n+](C)c(-c3cc4c(cc3C)-c3cccnc3C43CCCC3)c2)cc1. The molecule has 10 heteroatoms. The molecule has 0 aliphatic heterocycles. The summed E-state index contributed by atoms with van der Waals surface area (Å²) >= 11 is 0. The van der Waals surface area contributed by atoms with Gasteiger partial charge in [0.15, 0.2) is 24.8 Å². The molecular formula is C116H108F2N8+4. The van der Waals surface area contributed by atoms with E-state index in [4.69, 9.17) is 19.9 Å². The molecule has 7 aliphatic carbocycles. The van der Waals surface area contributed by atoms with Crippen molar-refractivity contribution in [1.29, 1.82) is 0 Å². The molecule has 0 amide bonds. The Hall–Kier alpha value is -13.2. The summed E-state index contributed by atoms with van der Waals surface area (Å²) in [5.74, 6) is -0.422. The van der Waals surface area contributed by atoms with E-state index >= 15 is 0 Å². The Kier molecular flexibility index (Phi) is 20.7. The predicted molar refractivity (Wildman–Crippen MR) is 505 cm³/mol. The quantitative estimate of drug-likeness (QED) is 0.142. The molecule has 3 fully saturated rings. The van der Waals surface area contributed by atoms with Crippen LogP contribution in [0.1, 0.15) is 169 Å². The van der Waals surface area contributed by atoms with Crippen LogP contribution < -0.4 is 18.3 Å². The van der Waals surface area contributed by atoms with E-state index in [9.17, 15) is 8.78 Å². The lowest BCUT2D eigenvalue weighted by Gasteiger charge is -2.25. The fraction of sp³-hybridized carbons (Fsp3) is 0.241. The van der Waals surface area contributed by atoms with Crippen LogP contribution in [0.5, 0.6) is 0 Å². The first-order valence-corrected chi connectivity index (χ1v) is 45.2. The maximum Gasteiger partial charge on any atom is 0.213 e. The summed E-state index contributed by atoms with van der Waals surface area (Å²) in [7, 11) is 8.48. The Bertz CT molecular complexity index is 6790. The van der Waals surface area contributed by atoms with Crippen molar-refractivity contribution in [1.82, 2.24) is 19.9 Å². The van der Waals surface area contributed by atoms with E-state index in [1.807, 2.05) is 55.1 Å². The molecule has 0 atom stereocenters. The van der Waals surface area contributed by atoms with Crippen LogP contribution in [-0.2, 0) is 49.9 Å². The molecule has 8 nitrogen and oxygen atoms in total. The van der Waals surface area contributed by atoms with Gasteiger partial charge in [0.1, 0.15) is 39.8 Å². The predicted octanol–water partition coefficient (Wildman–Crippen LogP) is 25.9. The third-order valence-electron chi connectivity index (χ3n) is 29.3. The minimum absolute atomic E-state index is 0.0571. The van der Waals surface area contributed by atoms with Crippen LogP contribution in [0.15, 0.2) is 292 Å². The molecule has 0 unspecified atom stereocenters. The van der Waals surface area contributed by atoms with Gasteiger partial charge in [0.25, 0.3) is 0 Å². The lowest BCUT2D eigenvalue weighted by Crippen LogP contribution is -2.31. The Morgan fingerprint density at radius 1 is 0.254 bits per heavy atom. The molecule has 0 bridgehead atoms. The van der Waals surface area contributed by atoms with Crippen LogP contribution in [0.3, 0.4) is 0 Å². The summed E-state index contributed by atoms with van der Waals surface area (Å²) in [4.78, 5) is 19.4. The Labute approximate surface area is 740 Å². The molecule has 0 saturated heterocycles. The van der Waals surface area contributed by atoms with Gasteiger partial charge in [-0.1, -0.05) is 185 Å². The number of rotatable bonds is 8. The third kappa shape index (κ3) is 13.8. The molecule has 8 aromatic heterocycles. The molecule has 7 aliphatic rings. The van der Waals surface area contributed by atoms with E-state index in [1.165, 1.54) is 286 Å². The van der Waals surface area contributed by atoms with Crippen molar-refractivity contribution in [2.45, 2.75) is 154 Å². The molecule has 0 radical (unpaired) electrons. The first-order valence-electron chi connectivity index (χ1n) is 45.2. The molecule has 23 rings (SSSR count). The zero-order valence-electron chi connectivity index (χ0n) is 74.5. The molecule has 3 saturated carbocycles. The Morgan fingerprint density at radius 3 is 0.929 bits per heavy atom. The highest BCUT2D eigenvalue weighted by atomic mass is 19.1. The smallest absolute Gasteiger partial charge is 0.213 e. The minimum Gasteiger partial charge on any atom is -0.260 e. The number of pyridine rings is 8. The van der Waals surface area contributed by atoms with Crippen molar-refractivity contribution in [2.24, 2.45) is 28.2 Å². The van der Waals surface area contributed by atoms with Gasteiger partial charge in [0.2, 0.25) is 22.8 Å². The highest BCUT2D eigenvalue weighted by molar-refractivity contribution is 5.89. The van der Waals surface area contributed by atoms with Crippen molar-refractivity contribution in [2.75, 3.05) is 0 Å². The fourth-order valence-electron chi connectivity index (χ4n) is 22.6. The second-order valence-electron chi connectivity index (χ2n) is 37.3. The lowest BCUT2D eigenvalue weighted by molar-refractivity contribution is -0.660. The zero-order valence-corrected chi connectivity index (χ0v) is 74.5. The second kappa shape index (κ2) is 32.1. The van der Waals surface area contributed by atoms with Crippen LogP contribution in [0, 0.1) is 53.2 Å². The van der Waals surface area contributed by atoms with Crippen LogP contribution in [0.25, 0.3) is 134 Å². The van der Waals surface area contributed by atoms with Crippen molar-refractivity contribution < 1.29 is 27.0 Å². The van der Waals surface area contributed by atoms with Gasteiger partial charge < -0.3 is 0 Å². The molecule has 16 aromatic rings. The first kappa shape index (κ1) is 81.2. The van der Waals surface area contributed by atoms with Gasteiger partial charge in [-0.2, -0.15) is 0 Å². The summed E-state index contributed by atoms with van der Waals surface area (Å²) in [5.41, 5.74) is 48.5. The van der Waals surface area contributed by atoms with Gasteiger partial charge >= 0.3 is 0 Å². The molecule has 0 N–H and O–H groups in total. The standard InChI is InChI=1S/C30H29N2.C29H26FN2.C29H27N2.C28H26FN2/c1-20-8-10-22(11-9-20)23-12-16-32(3)28(18-23)25-19-27-26(17-21(25)2)24-7-6-15-31-29(24)30(27)13-4-5-14-30;1-19-16-25-23-6-5-14-31-28(23)29(12-3-4-13-29)26(25)18-24(19)27-17-21(11-15-32(27)2)20-7-9-22(30)10-8-20;1-20-17-25-23-11-8-15-30-28(23)29(13-6-7-14-29)26(25)19-24(20)27-18-22(12-16-31(27)2)21-9-4-3-5-10-21;1-17-13-23-21-7-6-12-30-27(21)28(3,4)25(23)15-22(17)26-14-18(2)24(16-31(26)5)19-8-10-20(29)11-9-19/h6-12,15-19H,4-5,13-14H2,1-3H3;5-11,14-18H,3-4,12-13H2,1-2H3;3-5,8-12,15-19H,6-7,13-14H2,1-2H3;6-16H,1-5H3/q4*+1. The van der Waals surface area contributed by atoms with Crippen molar-refractivity contribution >= 4 is 0 Å². The van der Waals surface area contributed by atoms with E-state index < -0.39 is 0 Å². The number of aromatic nitrogens is 8. The summed E-state index contributed by atoms with van der Waals surface area (Å²) < 4.78 is 35.7. The van der Waals surface area contributed by atoms with Crippen molar-refractivity contribution in [3.8, 4) is 134 Å². The molecule has 622 valence electrons. The second-order valence-corrected chi connectivity index (χ2v) is 37.3. The van der Waals surface area contributed by atoms with E-state index in [1.54, 1.807) is 0 Å². The Balaban J connectivity index is 0.000000106. The van der Waals surface area contributed by atoms with Crippen LogP contribution in [0.4, 0.5) is 8.78 Å². The zero-order chi connectivity index (χ0) is 86.7. The summed E-state index contributed by atoms with van der Waals surface area (Å²) in [5, 5.41) is 0. The van der Waals surface area contributed by atoms with E-state index in [0.717, 1.165) is 27.9 Å². The van der Waals surface area contributed by atoms with E-state index in [2.05, 4.69) is 315 Å². The third-order valence-corrected chi connectivity index (χ3v) is 29.3. The van der Waals surface area contributed by atoms with Crippen LogP contribution >= 0.6 is 0 Å². The number of hydrogen-bond donors (Lipinski definition) is 0. The first-order chi connectivity index (χ1) is 61.1. The number of aryl methyl sites for hydroxylation is 10. The average molecular weight is 1650 g/mol. The maximum atomic E-state index is 13.4. The van der Waals surface area contributed by atoms with E-state index in [-0.39, 0.29) is 33.3 Å². The molecular weight excluding hydrogens is 1540 g/mol. The van der Waals surface area contributed by atoms with Gasteiger partial charge in [-0.25, -0.2) is 27.0 Å². The largest absolute Gasteiger partial charge is 0.260 e. The highest BCUT2D eigenvalue weighted by Crippen LogP contribution is 2.61. The summed E-state index contributed by atoms with van der Waals surface area (Å²) in [6, 6.07) is 85.1. The maximum absolute atomic E-state index is 13.4. The number of benzene rings is 8. The average Bonchev–Trinajstić information content (AvgIpc) is 1.56. The number of nitrogens with zero attached hydrogens (tertiary/aromatic N) is 8. The fourth-order valence-corrected chi connectivity index (χ4v) is 22.6. The van der Waals surface area contributed by atoms with Crippen LogP contribution in [-0.4, -0.2) is 19.9 Å². The highest BCUT2D eigenvalue weighted by Gasteiger charge is 2.50. The molecule has 126 heavy (non-hydrogen) atoms. The number of hydrogen-bond acceptors (Lipinski definition) is 4. The van der Waals surface area contributed by atoms with Gasteiger partial charge in [-0.15, -0.1) is 0 Å². The van der Waals surface area contributed by atoms with Crippen molar-refractivity contribution in [3.05, 3.63) is 382 Å². The lowest BCUT2D eigenvalue weighted by atomic mass is 9.78. The molecule has 8 aromatic carbocycles. The monoisotopic (exact) mass is 1650 g/mol. The molecule has 8 heterocycles. The van der Waals surface area contributed by atoms with E-state index in [0.29, 0.717) is 0 Å². The Morgan fingerprint density at radius 2 is 0.556 bits per heavy atom. The van der Waals surface area contributed by atoms with Gasteiger partial charge in [0.05, 0.1) is 22.8 Å². The summed E-state index contributed by atoms with van der Waals surface area (Å²) in [6.45, 7) is 17.7. The topological polar surface area (TPSA) is 67.1 Å². The van der Waals surface area contributed by atoms with Crippen molar-refractivity contribution in [3.63, 3.8) is 0 Å². The van der Waals surface area contributed by atoms with Gasteiger partial charge in [0, 0.05) is 139 Å². The van der Waals surface area contributed by atoms with Crippen LogP contribution in [0.2, 0.25) is 0 Å². The van der Waals surface area contributed by atoms with Gasteiger partial charge in [-0.05, 0) is 264 Å². The normalized spacial score (nSPS) is 15.3. The minimum atomic E-state index is -0.214. The number of fused-ring (bicyclic) bond motifs is 18. The summed E-state index contributed by atoms with van der Waals surface area (Å²) in [6.07, 6.45) is 31.3. The number of halogens is 2. The van der Waals surface area contributed by atoms with Gasteiger partial charge in [-0.3, -0.25) is 19.9 Å². The molecule has 3 spiro atoms.